The molecule has 3 aromatic heterocycles. The number of aromatic nitrogens is 3. The number of carbonyl (C=O) groups excluding carboxylic acids is 1. The summed E-state index contributed by atoms with van der Waals surface area (Å²) in [5.74, 6) is 1.05. The minimum absolute atomic E-state index is 0.116. The van der Waals surface area contributed by atoms with E-state index in [4.69, 9.17) is 4.42 Å². The van der Waals surface area contributed by atoms with Crippen molar-refractivity contribution >= 4 is 16.8 Å². The van der Waals surface area contributed by atoms with Gasteiger partial charge in [-0.1, -0.05) is 0 Å². The molecule has 1 saturated heterocycles. The minimum atomic E-state index is -1.05. The summed E-state index contributed by atoms with van der Waals surface area (Å²) in [5.41, 5.74) is 2.01. The third kappa shape index (κ3) is 3.73. The molecule has 0 saturated carbocycles. The smallest absolute Gasteiger partial charge is 0.228 e. The van der Waals surface area contributed by atoms with Crippen LogP contribution in [0.4, 0.5) is 4.39 Å². The number of amides is 1. The van der Waals surface area contributed by atoms with Crippen LogP contribution in [-0.4, -0.2) is 58.1 Å². The highest BCUT2D eigenvalue weighted by atomic mass is 19.1. The number of pyridine rings is 2. The maximum atomic E-state index is 14.1. The molecule has 28 heavy (non-hydrogen) atoms. The zero-order valence-electron chi connectivity index (χ0n) is 15.9. The van der Waals surface area contributed by atoms with Gasteiger partial charge in [0.05, 0.1) is 30.4 Å². The van der Waals surface area contributed by atoms with Crippen LogP contribution in [0.5, 0.6) is 0 Å². The third-order valence-corrected chi connectivity index (χ3v) is 5.10. The van der Waals surface area contributed by atoms with E-state index in [0.29, 0.717) is 36.0 Å². The Morgan fingerprint density at radius 3 is 2.93 bits per heavy atom. The van der Waals surface area contributed by atoms with Crippen LogP contribution in [-0.2, 0) is 11.2 Å². The molecule has 146 valence electrons. The first-order valence-electron chi connectivity index (χ1n) is 9.31. The monoisotopic (exact) mass is 383 g/mol. The van der Waals surface area contributed by atoms with Gasteiger partial charge in [-0.3, -0.25) is 9.78 Å². The highest BCUT2D eigenvalue weighted by Gasteiger charge is 2.30. The number of piperidine rings is 1. The molecule has 0 bridgehead atoms. The molecule has 7 nitrogen and oxygen atoms in total. The molecule has 1 fully saturated rings. The average Bonchev–Trinajstić information content (AvgIpc) is 3.13. The van der Waals surface area contributed by atoms with Gasteiger partial charge < -0.3 is 14.6 Å². The molecule has 0 aromatic carbocycles. The molecule has 1 aliphatic rings. The fourth-order valence-electron chi connectivity index (χ4n) is 3.49. The Bertz CT molecular complexity index is 1010. The van der Waals surface area contributed by atoms with Crippen LogP contribution in [0.3, 0.4) is 0 Å². The second kappa shape index (κ2) is 7.63. The van der Waals surface area contributed by atoms with Gasteiger partial charge in [-0.05, 0) is 31.7 Å². The number of alkyl halides is 1. The van der Waals surface area contributed by atoms with Crippen LogP contribution in [0.15, 0.2) is 35.0 Å². The Morgan fingerprint density at radius 2 is 2.21 bits per heavy atom. The summed E-state index contributed by atoms with van der Waals surface area (Å²) in [5, 5.41) is 3.83. The Kier molecular flexibility index (Phi) is 5.04. The number of fused-ring (bicyclic) bond motifs is 1. The number of nitrogens with zero attached hydrogens (tertiary/aromatic N) is 4. The van der Waals surface area contributed by atoms with Crippen molar-refractivity contribution in [3.05, 3.63) is 42.2 Å². The van der Waals surface area contributed by atoms with E-state index in [0.717, 1.165) is 10.9 Å². The van der Waals surface area contributed by atoms with E-state index >= 15 is 0 Å². The zero-order chi connectivity index (χ0) is 19.7. The zero-order valence-corrected chi connectivity index (χ0v) is 15.9. The second-order valence-corrected chi connectivity index (χ2v) is 7.02. The molecule has 0 spiro atoms. The maximum absolute atomic E-state index is 14.1. The first kappa shape index (κ1) is 18.5. The fourth-order valence-corrected chi connectivity index (χ4v) is 3.49. The normalized spacial score (nSPS) is 19.9. The van der Waals surface area contributed by atoms with E-state index in [1.54, 1.807) is 37.3 Å². The summed E-state index contributed by atoms with van der Waals surface area (Å²) in [4.78, 5) is 27.2. The summed E-state index contributed by atoms with van der Waals surface area (Å²) in [6.07, 6.45) is 3.01. The van der Waals surface area contributed by atoms with E-state index in [9.17, 15) is 9.18 Å². The van der Waals surface area contributed by atoms with Crippen LogP contribution in [0.2, 0.25) is 0 Å². The van der Waals surface area contributed by atoms with E-state index in [-0.39, 0.29) is 24.9 Å². The molecular weight excluding hydrogens is 361 g/mol. The van der Waals surface area contributed by atoms with Gasteiger partial charge in [-0.2, -0.15) is 0 Å². The molecule has 3 aromatic rings. The molecule has 0 aliphatic carbocycles. The molecule has 1 N–H and O–H groups in total. The van der Waals surface area contributed by atoms with Crippen LogP contribution < -0.4 is 5.32 Å². The fraction of sp³-hybridized carbons (Fsp3) is 0.400. The number of nitrogens with one attached hydrogen (secondary N) is 1. The van der Waals surface area contributed by atoms with Crippen molar-refractivity contribution in [1.29, 1.82) is 0 Å². The summed E-state index contributed by atoms with van der Waals surface area (Å²) < 4.78 is 19.6. The van der Waals surface area contributed by atoms with E-state index < -0.39 is 6.17 Å². The van der Waals surface area contributed by atoms with E-state index in [2.05, 4.69) is 20.3 Å². The van der Waals surface area contributed by atoms with Gasteiger partial charge in [0, 0.05) is 31.1 Å². The average molecular weight is 383 g/mol. The Hall–Kier alpha value is -2.87. The first-order valence-corrected chi connectivity index (χ1v) is 9.31. The van der Waals surface area contributed by atoms with Crippen molar-refractivity contribution in [2.45, 2.75) is 32.0 Å². The first-order chi connectivity index (χ1) is 13.5. The minimum Gasteiger partial charge on any atom is -0.439 e. The number of rotatable bonds is 4. The van der Waals surface area contributed by atoms with Gasteiger partial charge in [-0.15, -0.1) is 0 Å². The Balaban J connectivity index is 1.51. The lowest BCUT2D eigenvalue weighted by atomic mass is 10.0. The van der Waals surface area contributed by atoms with Crippen LogP contribution in [0.25, 0.3) is 22.4 Å². The van der Waals surface area contributed by atoms with Crippen LogP contribution >= 0.6 is 0 Å². The van der Waals surface area contributed by atoms with Crippen molar-refractivity contribution in [2.24, 2.45) is 0 Å². The number of oxazole rings is 1. The number of likely N-dealkylation sites (tertiary alicyclic amines) is 1. The predicted molar refractivity (Wildman–Crippen MR) is 102 cm³/mol. The Morgan fingerprint density at radius 1 is 1.36 bits per heavy atom. The van der Waals surface area contributed by atoms with Gasteiger partial charge in [0.2, 0.25) is 5.91 Å². The molecule has 8 heteroatoms. The van der Waals surface area contributed by atoms with Crippen molar-refractivity contribution in [1.82, 2.24) is 25.2 Å². The molecule has 1 aliphatic heterocycles. The summed E-state index contributed by atoms with van der Waals surface area (Å²) in [6, 6.07) is 5.37. The standard InChI is InChI=1S/C20H22FN5O2/c1-12-23-10-19(28-12)17-4-3-13-9-24-14(7-18(13)25-17)8-20(27)26-6-5-16(22-2)15(21)11-26/h3-4,7,9-10,15-16,22H,5-6,8,11H2,1-2H3/t15-,16-/m1/s1. The molecular formula is C20H22FN5O2. The van der Waals surface area contributed by atoms with Crippen LogP contribution in [0, 0.1) is 6.92 Å². The van der Waals surface area contributed by atoms with Crippen molar-refractivity contribution in [2.75, 3.05) is 20.1 Å². The quantitative estimate of drug-likeness (QED) is 0.744. The van der Waals surface area contributed by atoms with Crippen molar-refractivity contribution in [3.8, 4) is 11.5 Å². The van der Waals surface area contributed by atoms with Gasteiger partial charge in [0.15, 0.2) is 11.7 Å². The summed E-state index contributed by atoms with van der Waals surface area (Å²) >= 11 is 0. The lowest BCUT2D eigenvalue weighted by Crippen LogP contribution is -2.51. The van der Waals surface area contributed by atoms with Gasteiger partial charge >= 0.3 is 0 Å². The number of halogens is 1. The number of aryl methyl sites for hydroxylation is 1. The van der Waals surface area contributed by atoms with E-state index in [1.165, 1.54) is 0 Å². The molecule has 1 amide bonds. The molecule has 0 unspecified atom stereocenters. The number of hydrogen-bond acceptors (Lipinski definition) is 6. The van der Waals surface area contributed by atoms with Gasteiger partial charge in [0.25, 0.3) is 0 Å². The van der Waals surface area contributed by atoms with Gasteiger partial charge in [-0.25, -0.2) is 14.4 Å². The molecule has 4 rings (SSSR count). The van der Waals surface area contributed by atoms with E-state index in [1.807, 2.05) is 12.1 Å². The molecule has 0 radical (unpaired) electrons. The van der Waals surface area contributed by atoms with Crippen molar-refractivity contribution < 1.29 is 13.6 Å². The second-order valence-electron chi connectivity index (χ2n) is 7.02. The van der Waals surface area contributed by atoms with Gasteiger partial charge in [0.1, 0.15) is 11.9 Å². The lowest BCUT2D eigenvalue weighted by molar-refractivity contribution is -0.133. The van der Waals surface area contributed by atoms with Crippen molar-refractivity contribution in [3.63, 3.8) is 0 Å². The Labute approximate surface area is 162 Å². The number of carbonyl (C=O) groups is 1. The summed E-state index contributed by atoms with van der Waals surface area (Å²) in [7, 11) is 1.75. The highest BCUT2D eigenvalue weighted by molar-refractivity contribution is 5.83. The molecule has 2 atom stereocenters. The highest BCUT2D eigenvalue weighted by Crippen LogP contribution is 2.22. The topological polar surface area (TPSA) is 84.2 Å². The SMILES string of the molecule is CN[C@@H]1CCN(C(=O)Cc2cc3nc(-c4cnc(C)o4)ccc3cn2)C[C@H]1F. The summed E-state index contributed by atoms with van der Waals surface area (Å²) in [6.45, 7) is 2.44. The third-order valence-electron chi connectivity index (χ3n) is 5.10. The largest absolute Gasteiger partial charge is 0.439 e. The lowest BCUT2D eigenvalue weighted by Gasteiger charge is -2.34. The molecule has 4 heterocycles. The van der Waals surface area contributed by atoms with Crippen LogP contribution in [0.1, 0.15) is 18.0 Å². The maximum Gasteiger partial charge on any atom is 0.228 e. The predicted octanol–water partition coefficient (Wildman–Crippen LogP) is 2.29. The number of hydrogen-bond donors (Lipinski definition) is 1.